The normalized spacial score (nSPS) is 11.5. The molecule has 1 aromatic heterocycles. The largest absolute Gasteiger partial charge is 0.343 e. The van der Waals surface area contributed by atoms with Crippen LogP contribution in [0, 0.1) is 0 Å². The second-order valence-corrected chi connectivity index (χ2v) is 7.27. The lowest BCUT2D eigenvalue weighted by molar-refractivity contribution is 0.563. The van der Waals surface area contributed by atoms with Crippen molar-refractivity contribution in [2.45, 2.75) is 52.0 Å². The summed E-state index contributed by atoms with van der Waals surface area (Å²) >= 11 is 0. The molecular weight excluding hydrogens is 339 g/mol. The molecule has 0 N–H and O–H groups in total. The molecule has 0 aliphatic carbocycles. The summed E-state index contributed by atoms with van der Waals surface area (Å²) in [6.07, 6.45) is 14.1. The molecule has 0 bridgehead atoms. The molecule has 2 nitrogen and oxygen atoms in total. The minimum Gasteiger partial charge on any atom is -0.343 e. The summed E-state index contributed by atoms with van der Waals surface area (Å²) in [4.78, 5) is 4.62. The van der Waals surface area contributed by atoms with Gasteiger partial charge in [0.1, 0.15) is 0 Å². The lowest BCUT2D eigenvalue weighted by Gasteiger charge is -2.11. The fourth-order valence-corrected chi connectivity index (χ4v) is 3.42. The maximum Gasteiger partial charge on any atom is 0.241 e. The van der Waals surface area contributed by atoms with Gasteiger partial charge in [0.15, 0.2) is 0 Å². The predicted molar refractivity (Wildman–Crippen MR) is 122 cm³/mol. The highest BCUT2D eigenvalue weighted by Gasteiger charge is 2.11. The molecule has 0 saturated carbocycles. The number of unbranched alkanes of at least 4 members (excludes halogenated alkanes) is 5. The van der Waals surface area contributed by atoms with Crippen LogP contribution in [0.5, 0.6) is 0 Å². The summed E-state index contributed by atoms with van der Waals surface area (Å²) in [5, 5.41) is 0. The molecule has 0 fully saturated rings. The number of benzene rings is 2. The van der Waals surface area contributed by atoms with Gasteiger partial charge in [-0.3, -0.25) is 4.98 Å². The molecule has 0 unspecified atom stereocenters. The number of nitrogens with zero attached hydrogens (tertiary/aromatic N) is 2. The van der Waals surface area contributed by atoms with Gasteiger partial charge in [-0.2, -0.15) is 0 Å². The molecule has 1 heterocycles. The van der Waals surface area contributed by atoms with Crippen LogP contribution in [-0.2, 0) is 6.54 Å². The van der Waals surface area contributed by atoms with E-state index in [1.807, 2.05) is 6.20 Å². The van der Waals surface area contributed by atoms with Crippen LogP contribution >= 0.6 is 0 Å². The van der Waals surface area contributed by atoms with E-state index < -0.39 is 0 Å². The van der Waals surface area contributed by atoms with Crippen molar-refractivity contribution in [3.63, 3.8) is 0 Å². The van der Waals surface area contributed by atoms with Crippen LogP contribution in [0.3, 0.4) is 0 Å². The summed E-state index contributed by atoms with van der Waals surface area (Å²) in [7, 11) is 2.21. The van der Waals surface area contributed by atoms with Crippen molar-refractivity contribution < 1.29 is 0 Å². The van der Waals surface area contributed by atoms with E-state index in [0.29, 0.717) is 0 Å². The molecule has 143 valence electrons. The van der Waals surface area contributed by atoms with Gasteiger partial charge in [-0.25, -0.2) is 0 Å². The molecule has 28 heavy (non-hydrogen) atoms. The third-order valence-electron chi connectivity index (χ3n) is 5.01. The first kappa shape index (κ1) is 20.2. The van der Waals surface area contributed by atoms with Gasteiger partial charge >= 0.3 is 0 Å². The van der Waals surface area contributed by atoms with E-state index in [9.17, 15) is 0 Å². The van der Waals surface area contributed by atoms with E-state index in [1.54, 1.807) is 0 Å². The van der Waals surface area contributed by atoms with Gasteiger partial charge in [-0.15, -0.1) is 0 Å². The zero-order chi connectivity index (χ0) is 19.4. The average molecular weight is 369 g/mol. The summed E-state index contributed by atoms with van der Waals surface area (Å²) < 4.78 is 2.28. The average Bonchev–Trinajstić information content (AvgIpc) is 3.18. The Labute approximate surface area is 170 Å². The van der Waals surface area contributed by atoms with Gasteiger partial charge in [-0.05, 0) is 17.5 Å². The van der Waals surface area contributed by atoms with Gasteiger partial charge < -0.3 is 4.57 Å². The van der Waals surface area contributed by atoms with E-state index >= 15 is 0 Å². The zero-order valence-electron chi connectivity index (χ0n) is 16.9. The molecule has 0 spiro atoms. The second-order valence-electron chi connectivity index (χ2n) is 7.27. The second kappa shape index (κ2) is 11.3. The van der Waals surface area contributed by atoms with Crippen LogP contribution in [0.4, 0.5) is 0 Å². The number of rotatable bonds is 11. The highest BCUT2D eigenvalue weighted by molar-refractivity contribution is 6.73. The molecule has 0 aliphatic rings. The maximum absolute atomic E-state index is 4.62. The molecule has 0 aliphatic heterocycles. The first-order chi connectivity index (χ1) is 13.9. The number of aryl methyl sites for hydroxylation is 1. The Hall–Kier alpha value is -2.55. The number of aromatic nitrogens is 2. The summed E-state index contributed by atoms with van der Waals surface area (Å²) in [5.41, 5.74) is 4.62. The van der Waals surface area contributed by atoms with Crippen LogP contribution < -0.4 is 5.72 Å². The maximum atomic E-state index is 4.62. The van der Waals surface area contributed by atoms with Crippen LogP contribution in [0.25, 0.3) is 11.5 Å². The SMILES string of the molecule is CCCCCCCCn1ccnc1[B]C(=Cc1ccccc1)c1ccccc1. The third kappa shape index (κ3) is 6.26. The number of imidazole rings is 1. The van der Waals surface area contributed by atoms with Crippen molar-refractivity contribution >= 4 is 24.6 Å². The predicted octanol–water partition coefficient (Wildman–Crippen LogP) is 5.77. The van der Waals surface area contributed by atoms with Crippen LogP contribution in [-0.4, -0.2) is 16.8 Å². The van der Waals surface area contributed by atoms with Gasteiger partial charge in [0.05, 0.1) is 5.72 Å². The molecule has 0 atom stereocenters. The van der Waals surface area contributed by atoms with Crippen molar-refractivity contribution in [2.75, 3.05) is 0 Å². The lowest BCUT2D eigenvalue weighted by atomic mass is 9.65. The fraction of sp³-hybridized carbons (Fsp3) is 0.320. The standard InChI is InChI=1S/C25H30BN2/c1-2-3-4-5-6-13-19-28-20-18-27-25(28)26-24(23-16-11-8-12-17-23)21-22-14-9-7-10-15-22/h7-12,14-18,20-21H,2-6,13,19H2,1H3. The Morgan fingerprint density at radius 1 is 0.893 bits per heavy atom. The molecule has 2 aromatic carbocycles. The monoisotopic (exact) mass is 369 g/mol. The molecule has 3 heteroatoms. The van der Waals surface area contributed by atoms with Crippen molar-refractivity contribution in [1.82, 2.24) is 9.55 Å². The lowest BCUT2D eigenvalue weighted by Crippen LogP contribution is -2.27. The number of hydrogen-bond donors (Lipinski definition) is 0. The molecular formula is C25H30BN2. The van der Waals surface area contributed by atoms with Gasteiger partial charge in [0.25, 0.3) is 0 Å². The molecule has 3 aromatic rings. The van der Waals surface area contributed by atoms with Crippen LogP contribution in [0.2, 0.25) is 0 Å². The smallest absolute Gasteiger partial charge is 0.241 e. The third-order valence-corrected chi connectivity index (χ3v) is 5.01. The van der Waals surface area contributed by atoms with E-state index in [1.165, 1.54) is 55.1 Å². The summed E-state index contributed by atoms with van der Waals surface area (Å²) in [6, 6.07) is 21.0. The van der Waals surface area contributed by atoms with Crippen molar-refractivity contribution in [3.8, 4) is 0 Å². The topological polar surface area (TPSA) is 17.8 Å². The quantitative estimate of drug-likeness (QED) is 0.238. The Morgan fingerprint density at radius 3 is 2.32 bits per heavy atom. The minimum atomic E-state index is 1.03. The molecule has 3 rings (SSSR count). The van der Waals surface area contributed by atoms with Crippen molar-refractivity contribution in [2.24, 2.45) is 0 Å². The Kier molecular flexibility index (Phi) is 8.17. The van der Waals surface area contributed by atoms with E-state index in [-0.39, 0.29) is 0 Å². The summed E-state index contributed by atoms with van der Waals surface area (Å²) in [5.74, 6) is 0. The Morgan fingerprint density at radius 2 is 1.57 bits per heavy atom. The first-order valence-electron chi connectivity index (χ1n) is 10.5. The Bertz CT molecular complexity index is 837. The summed E-state index contributed by atoms with van der Waals surface area (Å²) in [6.45, 7) is 3.30. The molecule has 1 radical (unpaired) electrons. The van der Waals surface area contributed by atoms with Gasteiger partial charge in [0, 0.05) is 18.9 Å². The van der Waals surface area contributed by atoms with E-state index in [0.717, 1.165) is 12.3 Å². The number of hydrogen-bond acceptors (Lipinski definition) is 1. The van der Waals surface area contributed by atoms with Crippen molar-refractivity contribution in [1.29, 1.82) is 0 Å². The van der Waals surface area contributed by atoms with Crippen molar-refractivity contribution in [3.05, 3.63) is 84.2 Å². The van der Waals surface area contributed by atoms with Crippen LogP contribution in [0.15, 0.2) is 73.1 Å². The van der Waals surface area contributed by atoms with Gasteiger partial charge in [-0.1, -0.05) is 111 Å². The molecule has 0 saturated heterocycles. The van der Waals surface area contributed by atoms with Gasteiger partial charge in [0.2, 0.25) is 7.28 Å². The highest BCUT2D eigenvalue weighted by atomic mass is 15.0. The van der Waals surface area contributed by atoms with E-state index in [4.69, 9.17) is 0 Å². The van der Waals surface area contributed by atoms with E-state index in [2.05, 4.69) is 96.7 Å². The minimum absolute atomic E-state index is 1.03. The van der Waals surface area contributed by atoms with Crippen LogP contribution in [0.1, 0.15) is 56.6 Å². The first-order valence-corrected chi connectivity index (χ1v) is 10.5. The highest BCUT2D eigenvalue weighted by Crippen LogP contribution is 2.17. The Balaban J connectivity index is 1.70. The fourth-order valence-electron chi connectivity index (χ4n) is 3.42. The zero-order valence-corrected chi connectivity index (χ0v) is 16.9. The molecule has 0 amide bonds.